The molecule has 0 amide bonds. The minimum absolute atomic E-state index is 0.538. The van der Waals surface area contributed by atoms with E-state index in [0.717, 1.165) is 6.42 Å². The number of nitrogens with one attached hydrogen (secondary N) is 1. The van der Waals surface area contributed by atoms with Crippen molar-refractivity contribution in [1.29, 1.82) is 0 Å². The van der Waals surface area contributed by atoms with Gasteiger partial charge in [0.25, 0.3) is 0 Å². The monoisotopic (exact) mass is 500 g/mol. The van der Waals surface area contributed by atoms with Crippen molar-refractivity contribution in [2.45, 2.75) is 13.3 Å². The number of nitrogens with zero attached hydrogens (tertiary/aromatic N) is 1. The van der Waals surface area contributed by atoms with Gasteiger partial charge >= 0.3 is 0 Å². The van der Waals surface area contributed by atoms with Gasteiger partial charge in [0.1, 0.15) is 0 Å². The van der Waals surface area contributed by atoms with Crippen molar-refractivity contribution < 1.29 is 0 Å². The van der Waals surface area contributed by atoms with E-state index >= 15 is 0 Å². The zero-order valence-electron chi connectivity index (χ0n) is 21.9. The normalized spacial score (nSPS) is 14.8. The van der Waals surface area contributed by atoms with E-state index in [-0.39, 0.29) is 0 Å². The fraction of sp³-hybridized carbons (Fsp3) is 0.0811. The Morgan fingerprint density at radius 1 is 0.615 bits per heavy atom. The average molecular weight is 501 g/mol. The molecule has 186 valence electrons. The highest BCUT2D eigenvalue weighted by atomic mass is 15.0. The van der Waals surface area contributed by atoms with E-state index in [2.05, 4.69) is 144 Å². The highest BCUT2D eigenvalue weighted by Gasteiger charge is 2.15. The molecule has 0 saturated heterocycles. The quantitative estimate of drug-likeness (QED) is 0.252. The number of hydrogen-bond acceptors (Lipinski definition) is 0. The summed E-state index contributed by atoms with van der Waals surface area (Å²) in [6.45, 7) is 2.31. The van der Waals surface area contributed by atoms with Crippen LogP contribution in [0, 0.1) is 5.92 Å². The number of rotatable bonds is 3. The molecule has 0 fully saturated rings. The maximum absolute atomic E-state index is 3.61. The minimum Gasteiger partial charge on any atom is -0.354 e. The van der Waals surface area contributed by atoms with E-state index < -0.39 is 0 Å². The third-order valence-corrected chi connectivity index (χ3v) is 8.23. The van der Waals surface area contributed by atoms with Crippen molar-refractivity contribution in [3.05, 3.63) is 126 Å². The maximum atomic E-state index is 3.61. The third-order valence-electron chi connectivity index (χ3n) is 8.23. The molecule has 1 N–H and O–H groups in total. The topological polar surface area (TPSA) is 20.7 Å². The SMILES string of the molecule is CC1C=c2c(n(-c3cccc(-c4ccccc4)c3)c3cc(-c4ccc5c(c4)[nH]c4ccccc45)ccc23)=CC1. The Morgan fingerprint density at radius 2 is 1.33 bits per heavy atom. The van der Waals surface area contributed by atoms with Crippen LogP contribution >= 0.6 is 0 Å². The molecular formula is C37H28N2. The second-order valence-electron chi connectivity index (χ2n) is 10.8. The van der Waals surface area contributed by atoms with E-state index in [1.807, 2.05) is 0 Å². The summed E-state index contributed by atoms with van der Waals surface area (Å²) in [6, 6.07) is 41.9. The van der Waals surface area contributed by atoms with Gasteiger partial charge in [-0.2, -0.15) is 0 Å². The lowest BCUT2D eigenvalue weighted by Crippen LogP contribution is -2.31. The Labute approximate surface area is 227 Å². The Morgan fingerprint density at radius 3 is 2.23 bits per heavy atom. The van der Waals surface area contributed by atoms with Gasteiger partial charge in [0.2, 0.25) is 0 Å². The van der Waals surface area contributed by atoms with Crippen molar-refractivity contribution in [1.82, 2.24) is 9.55 Å². The Hall–Kier alpha value is -4.82. The van der Waals surface area contributed by atoms with Crippen molar-refractivity contribution >= 4 is 44.9 Å². The molecule has 8 rings (SSSR count). The first kappa shape index (κ1) is 22.2. The minimum atomic E-state index is 0.538. The molecule has 1 atom stereocenters. The molecule has 1 aliphatic rings. The lowest BCUT2D eigenvalue weighted by atomic mass is 9.99. The fourth-order valence-corrected chi connectivity index (χ4v) is 6.31. The highest BCUT2D eigenvalue weighted by molar-refractivity contribution is 6.08. The van der Waals surface area contributed by atoms with Crippen LogP contribution in [0.4, 0.5) is 0 Å². The van der Waals surface area contributed by atoms with Crippen LogP contribution in [0.2, 0.25) is 0 Å². The highest BCUT2D eigenvalue weighted by Crippen LogP contribution is 2.32. The van der Waals surface area contributed by atoms with Crippen LogP contribution in [-0.2, 0) is 0 Å². The number of benzene rings is 5. The molecule has 0 saturated carbocycles. The molecule has 1 aliphatic carbocycles. The largest absolute Gasteiger partial charge is 0.354 e. The summed E-state index contributed by atoms with van der Waals surface area (Å²) in [7, 11) is 0. The van der Waals surface area contributed by atoms with Gasteiger partial charge in [-0.05, 0) is 64.9 Å². The van der Waals surface area contributed by atoms with Gasteiger partial charge in [0.05, 0.1) is 5.52 Å². The van der Waals surface area contributed by atoms with Gasteiger partial charge in [-0.25, -0.2) is 0 Å². The van der Waals surface area contributed by atoms with Crippen LogP contribution < -0.4 is 10.6 Å². The molecular weight excluding hydrogens is 472 g/mol. The fourth-order valence-electron chi connectivity index (χ4n) is 6.31. The maximum Gasteiger partial charge on any atom is 0.0547 e. The molecule has 2 heterocycles. The van der Waals surface area contributed by atoms with E-state index in [4.69, 9.17) is 0 Å². The third kappa shape index (κ3) is 3.56. The molecule has 7 aromatic rings. The van der Waals surface area contributed by atoms with Crippen molar-refractivity contribution in [2.75, 3.05) is 0 Å². The van der Waals surface area contributed by atoms with Crippen molar-refractivity contribution in [3.63, 3.8) is 0 Å². The molecule has 0 bridgehead atoms. The molecule has 2 heteroatoms. The van der Waals surface area contributed by atoms with Crippen LogP contribution in [0.5, 0.6) is 0 Å². The molecule has 2 aromatic heterocycles. The van der Waals surface area contributed by atoms with Crippen LogP contribution in [0.1, 0.15) is 13.3 Å². The smallest absolute Gasteiger partial charge is 0.0547 e. The molecule has 0 spiro atoms. The number of hydrogen-bond donors (Lipinski definition) is 1. The van der Waals surface area contributed by atoms with Gasteiger partial charge in [-0.1, -0.05) is 104 Å². The number of H-pyrrole nitrogens is 1. The molecule has 39 heavy (non-hydrogen) atoms. The summed E-state index contributed by atoms with van der Waals surface area (Å²) in [5, 5.41) is 6.51. The molecule has 0 aliphatic heterocycles. The van der Waals surface area contributed by atoms with Crippen molar-refractivity contribution in [3.8, 4) is 27.9 Å². The summed E-state index contributed by atoms with van der Waals surface area (Å²) in [5.41, 5.74) is 9.73. The standard InChI is InChI=1S/C37H28N2/c1-24-14-19-36-33(20-24)32-18-16-28(27-15-17-31-30-12-5-6-13-34(30)38-35(31)22-27)23-37(32)39(36)29-11-7-10-26(21-29)25-8-3-2-4-9-25/h2-13,15-24,38H,14H2,1H3. The van der Waals surface area contributed by atoms with Gasteiger partial charge in [-0.15, -0.1) is 0 Å². The lowest BCUT2D eigenvalue weighted by molar-refractivity contribution is 0.795. The van der Waals surface area contributed by atoms with Gasteiger partial charge in [-0.3, -0.25) is 0 Å². The second kappa shape index (κ2) is 8.61. The van der Waals surface area contributed by atoms with Gasteiger partial charge in [0, 0.05) is 43.4 Å². The first-order chi connectivity index (χ1) is 19.2. The predicted molar refractivity (Wildman–Crippen MR) is 165 cm³/mol. The second-order valence-corrected chi connectivity index (χ2v) is 10.8. The summed E-state index contributed by atoms with van der Waals surface area (Å²) >= 11 is 0. The van der Waals surface area contributed by atoms with Crippen LogP contribution in [0.15, 0.2) is 115 Å². The van der Waals surface area contributed by atoms with Gasteiger partial charge < -0.3 is 9.55 Å². The van der Waals surface area contributed by atoms with E-state index in [1.165, 1.54) is 71.2 Å². The summed E-state index contributed by atoms with van der Waals surface area (Å²) in [5.74, 6) is 0.538. The van der Waals surface area contributed by atoms with Crippen LogP contribution in [-0.4, -0.2) is 9.55 Å². The van der Waals surface area contributed by atoms with Crippen LogP contribution in [0.25, 0.3) is 72.8 Å². The zero-order chi connectivity index (χ0) is 25.9. The Balaban J connectivity index is 1.35. The lowest BCUT2D eigenvalue weighted by Gasteiger charge is -2.12. The number of fused-ring (bicyclic) bond motifs is 6. The van der Waals surface area contributed by atoms with Gasteiger partial charge in [0.15, 0.2) is 0 Å². The molecule has 1 unspecified atom stereocenters. The van der Waals surface area contributed by atoms with E-state index in [1.54, 1.807) is 0 Å². The zero-order valence-corrected chi connectivity index (χ0v) is 21.9. The summed E-state index contributed by atoms with van der Waals surface area (Å²) < 4.78 is 2.46. The number of aromatic nitrogens is 2. The van der Waals surface area contributed by atoms with E-state index in [0.29, 0.717) is 5.92 Å². The molecule has 0 radical (unpaired) electrons. The van der Waals surface area contributed by atoms with Crippen molar-refractivity contribution in [2.24, 2.45) is 5.92 Å². The Bertz CT molecular complexity index is 2160. The van der Waals surface area contributed by atoms with E-state index in [9.17, 15) is 0 Å². The van der Waals surface area contributed by atoms with Crippen LogP contribution in [0.3, 0.4) is 0 Å². The predicted octanol–water partition coefficient (Wildman–Crippen LogP) is 8.20. The summed E-state index contributed by atoms with van der Waals surface area (Å²) in [4.78, 5) is 3.61. The first-order valence-electron chi connectivity index (χ1n) is 13.8. The first-order valence-corrected chi connectivity index (χ1v) is 13.8. The summed E-state index contributed by atoms with van der Waals surface area (Å²) in [6.07, 6.45) is 5.93. The average Bonchev–Trinajstić information content (AvgIpc) is 3.52. The number of aromatic amines is 1. The number of para-hydroxylation sites is 1. The molecule has 2 nitrogen and oxygen atoms in total. The molecule has 5 aromatic carbocycles. The Kier molecular flexibility index (Phi) is 4.90.